The van der Waals surface area contributed by atoms with Crippen LogP contribution in [0.1, 0.15) is 12.6 Å². The first-order chi connectivity index (χ1) is 6.49. The molecule has 76 valence electrons. The van der Waals surface area contributed by atoms with E-state index in [1.54, 1.807) is 14.0 Å². The van der Waals surface area contributed by atoms with Gasteiger partial charge in [-0.05, 0) is 6.42 Å². The highest BCUT2D eigenvalue weighted by Gasteiger charge is 2.31. The lowest BCUT2D eigenvalue weighted by Gasteiger charge is -1.95. The molecule has 0 bridgehead atoms. The van der Waals surface area contributed by atoms with Gasteiger partial charge in [0.05, 0.1) is 16.0 Å². The van der Waals surface area contributed by atoms with Gasteiger partial charge in [0.25, 0.3) is 0 Å². The molecule has 1 rings (SSSR count). The molecule has 0 radical (unpaired) electrons. The maximum Gasteiger partial charge on any atom is 0.366 e. The van der Waals surface area contributed by atoms with Crippen LogP contribution in [0.4, 0.5) is 11.4 Å². The Morgan fingerprint density at radius 2 is 1.93 bits per heavy atom. The molecule has 0 aliphatic rings. The van der Waals surface area contributed by atoms with Gasteiger partial charge in [-0.1, -0.05) is 6.92 Å². The quantitative estimate of drug-likeness (QED) is 0.543. The van der Waals surface area contributed by atoms with E-state index in [1.807, 2.05) is 0 Å². The molecule has 0 unspecified atom stereocenters. The molecule has 7 nitrogen and oxygen atoms in total. The second-order valence-corrected chi connectivity index (χ2v) is 2.79. The third-order valence-corrected chi connectivity index (χ3v) is 1.97. The van der Waals surface area contributed by atoms with Gasteiger partial charge in [0.2, 0.25) is 0 Å². The Kier molecular flexibility index (Phi) is 2.50. The molecule has 0 spiro atoms. The Morgan fingerprint density at radius 1 is 1.36 bits per heavy atom. The fraction of sp³-hybridized carbons (Fsp3) is 0.429. The van der Waals surface area contributed by atoms with E-state index in [4.69, 9.17) is 0 Å². The maximum absolute atomic E-state index is 10.6. The minimum atomic E-state index is -0.739. The van der Waals surface area contributed by atoms with Gasteiger partial charge < -0.3 is 4.57 Å². The number of rotatable bonds is 3. The molecule has 0 fully saturated rings. The van der Waals surface area contributed by atoms with Crippen LogP contribution in [0.25, 0.3) is 0 Å². The molecular weight excluding hydrogens is 190 g/mol. The van der Waals surface area contributed by atoms with E-state index >= 15 is 0 Å². The predicted molar refractivity (Wildman–Crippen MR) is 48.1 cm³/mol. The fourth-order valence-electron chi connectivity index (χ4n) is 1.39. The van der Waals surface area contributed by atoms with Crippen molar-refractivity contribution in [1.29, 1.82) is 0 Å². The molecule has 0 aliphatic carbocycles. The van der Waals surface area contributed by atoms with E-state index in [2.05, 4.69) is 0 Å². The van der Waals surface area contributed by atoms with Crippen molar-refractivity contribution in [3.8, 4) is 0 Å². The first kappa shape index (κ1) is 10.2. The number of hydrogen-bond donors (Lipinski definition) is 0. The van der Waals surface area contributed by atoms with E-state index in [0.717, 1.165) is 6.20 Å². The number of nitrogens with zero attached hydrogens (tertiary/aromatic N) is 3. The zero-order valence-corrected chi connectivity index (χ0v) is 7.76. The minimum Gasteiger partial charge on any atom is -0.342 e. The summed E-state index contributed by atoms with van der Waals surface area (Å²) in [7, 11) is 1.55. The summed E-state index contributed by atoms with van der Waals surface area (Å²) in [5, 5.41) is 21.1. The number of aryl methyl sites for hydroxylation is 1. The Labute approximate surface area is 79.3 Å². The number of nitro groups is 2. The van der Waals surface area contributed by atoms with Gasteiger partial charge in [-0.25, -0.2) is 0 Å². The Hall–Kier alpha value is -1.92. The van der Waals surface area contributed by atoms with Gasteiger partial charge in [-0.3, -0.25) is 20.2 Å². The maximum atomic E-state index is 10.6. The van der Waals surface area contributed by atoms with Crippen molar-refractivity contribution in [3.63, 3.8) is 0 Å². The zero-order chi connectivity index (χ0) is 10.9. The number of hydrogen-bond acceptors (Lipinski definition) is 4. The van der Waals surface area contributed by atoms with Gasteiger partial charge in [-0.2, -0.15) is 0 Å². The molecule has 0 saturated heterocycles. The van der Waals surface area contributed by atoms with Crippen LogP contribution in [-0.2, 0) is 13.5 Å². The molecule has 0 aromatic carbocycles. The molecule has 1 aromatic rings. The first-order valence-corrected chi connectivity index (χ1v) is 3.96. The lowest BCUT2D eigenvalue weighted by Crippen LogP contribution is -1.98. The molecule has 0 aliphatic heterocycles. The summed E-state index contributed by atoms with van der Waals surface area (Å²) in [5.41, 5.74) is -0.490. The van der Waals surface area contributed by atoms with Crippen molar-refractivity contribution in [2.24, 2.45) is 7.05 Å². The highest BCUT2D eigenvalue weighted by molar-refractivity contribution is 5.56. The van der Waals surface area contributed by atoms with Crippen molar-refractivity contribution in [1.82, 2.24) is 4.57 Å². The summed E-state index contributed by atoms with van der Waals surface area (Å²) < 4.78 is 1.41. The number of aromatic nitrogens is 1. The molecule has 0 amide bonds. The zero-order valence-electron chi connectivity index (χ0n) is 7.76. The van der Waals surface area contributed by atoms with E-state index < -0.39 is 21.2 Å². The topological polar surface area (TPSA) is 91.2 Å². The molecule has 1 heterocycles. The largest absolute Gasteiger partial charge is 0.366 e. The molecule has 0 atom stereocenters. The Balaban J connectivity index is 3.45. The third kappa shape index (κ3) is 1.43. The molecule has 0 saturated carbocycles. The molecular formula is C7H9N3O4. The molecule has 0 N–H and O–H groups in total. The lowest BCUT2D eigenvalue weighted by atomic mass is 10.3. The van der Waals surface area contributed by atoms with E-state index in [9.17, 15) is 20.2 Å². The van der Waals surface area contributed by atoms with Gasteiger partial charge in [0.15, 0.2) is 0 Å². The summed E-state index contributed by atoms with van der Waals surface area (Å²) in [5.74, 6) is 0. The summed E-state index contributed by atoms with van der Waals surface area (Å²) in [6.45, 7) is 1.71. The summed E-state index contributed by atoms with van der Waals surface area (Å²) in [6, 6.07) is 0. The fourth-order valence-corrected chi connectivity index (χ4v) is 1.39. The van der Waals surface area contributed by atoms with E-state index in [-0.39, 0.29) is 0 Å². The van der Waals surface area contributed by atoms with Crippen molar-refractivity contribution in [2.75, 3.05) is 0 Å². The average Bonchev–Trinajstić information content (AvgIpc) is 2.42. The Morgan fingerprint density at radius 3 is 2.29 bits per heavy atom. The van der Waals surface area contributed by atoms with Crippen LogP contribution >= 0.6 is 0 Å². The average molecular weight is 199 g/mol. The van der Waals surface area contributed by atoms with Crippen LogP contribution in [0.2, 0.25) is 0 Å². The van der Waals surface area contributed by atoms with Crippen LogP contribution in [0.5, 0.6) is 0 Å². The smallest absolute Gasteiger partial charge is 0.342 e. The normalized spacial score (nSPS) is 10.1. The third-order valence-electron chi connectivity index (χ3n) is 1.97. The summed E-state index contributed by atoms with van der Waals surface area (Å²) in [4.78, 5) is 19.7. The van der Waals surface area contributed by atoms with Crippen molar-refractivity contribution in [3.05, 3.63) is 32.1 Å². The minimum absolute atomic E-state index is 0.363. The molecule has 1 aromatic heterocycles. The van der Waals surface area contributed by atoms with Crippen LogP contribution < -0.4 is 0 Å². The van der Waals surface area contributed by atoms with E-state index in [1.165, 1.54) is 4.57 Å². The lowest BCUT2D eigenvalue weighted by molar-refractivity contribution is -0.422. The van der Waals surface area contributed by atoms with Gasteiger partial charge in [-0.15, -0.1) is 0 Å². The second-order valence-electron chi connectivity index (χ2n) is 2.79. The first-order valence-electron chi connectivity index (χ1n) is 3.96. The van der Waals surface area contributed by atoms with Crippen molar-refractivity contribution in [2.45, 2.75) is 13.3 Å². The van der Waals surface area contributed by atoms with E-state index in [0.29, 0.717) is 12.1 Å². The highest BCUT2D eigenvalue weighted by atomic mass is 16.6. The van der Waals surface area contributed by atoms with Crippen LogP contribution in [0.3, 0.4) is 0 Å². The second kappa shape index (κ2) is 3.44. The van der Waals surface area contributed by atoms with Crippen LogP contribution in [-0.4, -0.2) is 14.4 Å². The van der Waals surface area contributed by atoms with Crippen molar-refractivity contribution >= 4 is 11.4 Å². The Bertz CT molecular complexity index is 396. The van der Waals surface area contributed by atoms with Gasteiger partial charge in [0.1, 0.15) is 5.69 Å². The molecule has 14 heavy (non-hydrogen) atoms. The predicted octanol–water partition coefficient (Wildman–Crippen LogP) is 1.40. The standard InChI is InChI=1S/C7H9N3O4/c1-3-5-7(10(13)14)6(9(11)12)4-8(5)2/h4H,3H2,1-2H3. The summed E-state index contributed by atoms with van der Waals surface area (Å²) >= 11 is 0. The summed E-state index contributed by atoms with van der Waals surface area (Å²) in [6.07, 6.45) is 1.55. The van der Waals surface area contributed by atoms with Crippen LogP contribution in [0, 0.1) is 20.2 Å². The highest BCUT2D eigenvalue weighted by Crippen LogP contribution is 2.32. The molecule has 7 heteroatoms. The van der Waals surface area contributed by atoms with Gasteiger partial charge in [0, 0.05) is 7.05 Å². The monoisotopic (exact) mass is 199 g/mol. The van der Waals surface area contributed by atoms with Crippen LogP contribution in [0.15, 0.2) is 6.20 Å². The SMILES string of the molecule is CCc1c([N+](=O)[O-])c([N+](=O)[O-])cn1C. The van der Waals surface area contributed by atoms with Crippen molar-refractivity contribution < 1.29 is 9.85 Å². The van der Waals surface area contributed by atoms with Gasteiger partial charge >= 0.3 is 11.4 Å².